The fraction of sp³-hybridized carbons (Fsp3) is 0.667. The number of ether oxygens (including phenoxy) is 1. The number of carbonyl (C=O) groups is 2. The Morgan fingerprint density at radius 1 is 1.14 bits per heavy atom. The minimum absolute atomic E-state index is 0.00576. The molecule has 0 saturated heterocycles. The van der Waals surface area contributed by atoms with Gasteiger partial charge in [0, 0.05) is 12.3 Å². The minimum Gasteiger partial charge on any atom is -0.462 e. The van der Waals surface area contributed by atoms with Gasteiger partial charge in [-0.25, -0.2) is 0 Å². The summed E-state index contributed by atoms with van der Waals surface area (Å²) in [6, 6.07) is 0. The lowest BCUT2D eigenvalue weighted by molar-refractivity contribution is -0.139. The van der Waals surface area contributed by atoms with Crippen molar-refractivity contribution in [2.24, 2.45) is 10.8 Å². The van der Waals surface area contributed by atoms with Crippen molar-refractivity contribution in [2.75, 3.05) is 6.61 Å². The number of hydrogen-bond donors (Lipinski definition) is 1. The molecular weight excluding hydrogens is 280 g/mol. The number of rotatable bonds is 4. The molecule has 0 aliphatic heterocycles. The second-order valence-corrected chi connectivity index (χ2v) is 6.98. The van der Waals surface area contributed by atoms with Crippen molar-refractivity contribution in [1.29, 1.82) is 0 Å². The lowest BCUT2D eigenvalue weighted by Gasteiger charge is -2.24. The fourth-order valence-electron chi connectivity index (χ4n) is 0.688. The van der Waals surface area contributed by atoms with Crippen LogP contribution in [0.25, 0.3) is 0 Å². The van der Waals surface area contributed by atoms with Gasteiger partial charge in [0.15, 0.2) is 0 Å². The van der Waals surface area contributed by atoms with E-state index in [1.807, 2.05) is 41.5 Å². The molecule has 4 heteroatoms. The molecule has 0 radical (unpaired) electrons. The van der Waals surface area contributed by atoms with Crippen LogP contribution in [0.15, 0.2) is 25.3 Å². The third-order valence-electron chi connectivity index (χ3n) is 2.15. The molecule has 22 heavy (non-hydrogen) atoms. The normalized spacial score (nSPS) is 11.6. The lowest BCUT2D eigenvalue weighted by Crippen LogP contribution is -2.24. The number of hydrogen-bond acceptors (Lipinski definition) is 4. The number of carbonyl (C=O) groups excluding carboxylic acids is 2. The maximum Gasteiger partial charge on any atom is 0.302 e. The molecule has 0 aromatic rings. The summed E-state index contributed by atoms with van der Waals surface area (Å²) in [5.74, 6) is -0.264. The Kier molecular flexibility index (Phi) is 15.4. The highest BCUT2D eigenvalue weighted by atomic mass is 16.5. The van der Waals surface area contributed by atoms with Crippen LogP contribution in [0.2, 0.25) is 0 Å². The van der Waals surface area contributed by atoms with Gasteiger partial charge in [0.25, 0.3) is 0 Å². The van der Waals surface area contributed by atoms with Crippen molar-refractivity contribution in [3.05, 3.63) is 25.3 Å². The maximum atomic E-state index is 9.93. The molecule has 0 bridgehead atoms. The highest BCUT2D eigenvalue weighted by molar-refractivity contribution is 5.65. The van der Waals surface area contributed by atoms with Crippen LogP contribution in [0.4, 0.5) is 0 Å². The molecule has 0 amide bonds. The molecular formula is C18H34O4. The molecule has 1 unspecified atom stereocenters. The predicted octanol–water partition coefficient (Wildman–Crippen LogP) is 3.94. The fourth-order valence-corrected chi connectivity index (χ4v) is 0.688. The summed E-state index contributed by atoms with van der Waals surface area (Å²) in [4.78, 5) is 19.8. The molecule has 130 valence electrons. The number of aldehydes is 1. The first-order valence-corrected chi connectivity index (χ1v) is 7.31. The van der Waals surface area contributed by atoms with Gasteiger partial charge in [-0.3, -0.25) is 4.79 Å². The van der Waals surface area contributed by atoms with Crippen LogP contribution in [0, 0.1) is 10.8 Å². The summed E-state index contributed by atoms with van der Waals surface area (Å²) in [6.07, 6.45) is 4.64. The SMILES string of the molecule is C=CCC(O)C(C)(C)C.C=CCOC(C)=O.CC(C)(C)C=O. The van der Waals surface area contributed by atoms with Gasteiger partial charge in [0.1, 0.15) is 12.9 Å². The van der Waals surface area contributed by atoms with E-state index in [0.717, 1.165) is 6.29 Å². The summed E-state index contributed by atoms with van der Waals surface area (Å²) in [5, 5.41) is 9.31. The zero-order valence-electron chi connectivity index (χ0n) is 15.3. The first kappa shape index (κ1) is 25.5. The van der Waals surface area contributed by atoms with Gasteiger partial charge >= 0.3 is 5.97 Å². The number of aliphatic hydroxyl groups excluding tert-OH is 1. The van der Waals surface area contributed by atoms with Gasteiger partial charge < -0.3 is 14.6 Å². The van der Waals surface area contributed by atoms with Crippen molar-refractivity contribution < 1.29 is 19.4 Å². The highest BCUT2D eigenvalue weighted by Gasteiger charge is 2.19. The van der Waals surface area contributed by atoms with Crippen LogP contribution in [0.1, 0.15) is 54.9 Å². The zero-order chi connectivity index (χ0) is 18.4. The monoisotopic (exact) mass is 314 g/mol. The van der Waals surface area contributed by atoms with Crippen LogP contribution in [-0.4, -0.2) is 30.1 Å². The van der Waals surface area contributed by atoms with Crippen molar-refractivity contribution in [2.45, 2.75) is 61.0 Å². The van der Waals surface area contributed by atoms with E-state index in [4.69, 9.17) is 0 Å². The first-order valence-electron chi connectivity index (χ1n) is 7.31. The molecule has 1 N–H and O–H groups in total. The molecule has 0 aliphatic carbocycles. The molecule has 0 aromatic carbocycles. The van der Waals surface area contributed by atoms with Crippen LogP contribution < -0.4 is 0 Å². The molecule has 0 spiro atoms. The summed E-state index contributed by atoms with van der Waals surface area (Å²) < 4.78 is 4.43. The molecule has 4 nitrogen and oxygen atoms in total. The standard InChI is InChI=1S/C8H16O.C5H8O2.C5H10O/c1-5-6-7(9)8(2,3)4;1-3-4-7-5(2)6;1-5(2,3)4-6/h5,7,9H,1,6H2,2-4H3;3H,1,4H2,2H3;4H,1-3H3. The van der Waals surface area contributed by atoms with E-state index in [-0.39, 0.29) is 22.9 Å². The second kappa shape index (κ2) is 13.3. The topological polar surface area (TPSA) is 63.6 Å². The Hall–Kier alpha value is -1.42. The van der Waals surface area contributed by atoms with E-state index in [2.05, 4.69) is 17.9 Å². The van der Waals surface area contributed by atoms with E-state index in [0.29, 0.717) is 13.0 Å². The van der Waals surface area contributed by atoms with Gasteiger partial charge in [-0.1, -0.05) is 60.3 Å². The van der Waals surface area contributed by atoms with Gasteiger partial charge in [0.05, 0.1) is 6.10 Å². The third-order valence-corrected chi connectivity index (χ3v) is 2.15. The average Bonchev–Trinajstić information content (AvgIpc) is 2.36. The summed E-state index contributed by atoms with van der Waals surface area (Å²) in [6.45, 7) is 20.3. The average molecular weight is 314 g/mol. The van der Waals surface area contributed by atoms with E-state index in [9.17, 15) is 14.7 Å². The number of esters is 1. The molecule has 0 fully saturated rings. The Labute approximate surface area is 136 Å². The van der Waals surface area contributed by atoms with E-state index in [1.54, 1.807) is 6.08 Å². The Morgan fingerprint density at radius 2 is 1.55 bits per heavy atom. The molecule has 0 aromatic heterocycles. The maximum absolute atomic E-state index is 9.93. The lowest BCUT2D eigenvalue weighted by atomic mass is 9.87. The van der Waals surface area contributed by atoms with Crippen molar-refractivity contribution in [1.82, 2.24) is 0 Å². The smallest absolute Gasteiger partial charge is 0.302 e. The molecule has 0 aliphatic rings. The highest BCUT2D eigenvalue weighted by Crippen LogP contribution is 2.21. The van der Waals surface area contributed by atoms with Crippen molar-refractivity contribution in [3.63, 3.8) is 0 Å². The second-order valence-electron chi connectivity index (χ2n) is 6.98. The largest absolute Gasteiger partial charge is 0.462 e. The van der Waals surface area contributed by atoms with Crippen LogP contribution in [0.5, 0.6) is 0 Å². The summed E-state index contributed by atoms with van der Waals surface area (Å²) in [7, 11) is 0. The molecule has 1 atom stereocenters. The number of aliphatic hydroxyl groups is 1. The predicted molar refractivity (Wildman–Crippen MR) is 92.6 cm³/mol. The third kappa shape index (κ3) is 27.0. The quantitative estimate of drug-likeness (QED) is 0.485. The van der Waals surface area contributed by atoms with Crippen LogP contribution in [-0.2, 0) is 14.3 Å². The van der Waals surface area contributed by atoms with Gasteiger partial charge in [-0.2, -0.15) is 0 Å². The summed E-state index contributed by atoms with van der Waals surface area (Å²) in [5.41, 5.74) is -0.145. The molecule has 0 saturated carbocycles. The van der Waals surface area contributed by atoms with E-state index in [1.165, 1.54) is 13.0 Å². The van der Waals surface area contributed by atoms with Gasteiger partial charge in [-0.15, -0.1) is 6.58 Å². The molecule has 0 heterocycles. The van der Waals surface area contributed by atoms with E-state index < -0.39 is 0 Å². The van der Waals surface area contributed by atoms with Crippen molar-refractivity contribution >= 4 is 12.3 Å². The first-order chi connectivity index (χ1) is 9.81. The Morgan fingerprint density at radius 3 is 1.64 bits per heavy atom. The molecule has 0 rings (SSSR count). The van der Waals surface area contributed by atoms with E-state index >= 15 is 0 Å². The van der Waals surface area contributed by atoms with Crippen LogP contribution in [0.3, 0.4) is 0 Å². The van der Waals surface area contributed by atoms with Crippen molar-refractivity contribution in [3.8, 4) is 0 Å². The Balaban J connectivity index is -0.000000252. The van der Waals surface area contributed by atoms with Gasteiger partial charge in [-0.05, 0) is 11.8 Å². The zero-order valence-corrected chi connectivity index (χ0v) is 15.3. The summed E-state index contributed by atoms with van der Waals surface area (Å²) >= 11 is 0. The van der Waals surface area contributed by atoms with Crippen LogP contribution >= 0.6 is 0 Å². The van der Waals surface area contributed by atoms with Gasteiger partial charge in [0.2, 0.25) is 0 Å². The minimum atomic E-state index is -0.264. The Bertz CT molecular complexity index is 319.